The van der Waals surface area contributed by atoms with Crippen LogP contribution in [0.5, 0.6) is 0 Å². The number of hydrogen-bond acceptors (Lipinski definition) is 2. The van der Waals surface area contributed by atoms with Gasteiger partial charge in [-0.2, -0.15) is 0 Å². The highest BCUT2D eigenvalue weighted by molar-refractivity contribution is 6.31. The molecule has 2 aliphatic rings. The minimum atomic E-state index is 0.155. The summed E-state index contributed by atoms with van der Waals surface area (Å²) in [7, 11) is 3.84. The van der Waals surface area contributed by atoms with Crippen LogP contribution in [0.3, 0.4) is 0 Å². The molecule has 0 fully saturated rings. The fraction of sp³-hybridized carbons (Fsp3) is 0.381. The van der Waals surface area contributed by atoms with Gasteiger partial charge in [0.05, 0.1) is 0 Å². The molecular formula is C21H25ClN2O. The Bertz CT molecular complexity index is 734. The maximum absolute atomic E-state index is 11.4. The number of carbonyl (C=O) groups excluding carboxylic acids is 1. The lowest BCUT2D eigenvalue weighted by Crippen LogP contribution is -2.27. The molecule has 1 N–H and O–H groups in total. The van der Waals surface area contributed by atoms with Crippen molar-refractivity contribution in [3.63, 3.8) is 0 Å². The molecular weight excluding hydrogens is 332 g/mol. The molecule has 1 amide bonds. The van der Waals surface area contributed by atoms with E-state index in [0.717, 1.165) is 37.4 Å². The van der Waals surface area contributed by atoms with Crippen LogP contribution in [0, 0.1) is 5.92 Å². The van der Waals surface area contributed by atoms with Gasteiger partial charge in [-0.25, -0.2) is 0 Å². The van der Waals surface area contributed by atoms with E-state index in [-0.39, 0.29) is 11.8 Å². The molecule has 3 nitrogen and oxygen atoms in total. The molecule has 0 spiro atoms. The normalized spacial score (nSPS) is 16.4. The van der Waals surface area contributed by atoms with Crippen molar-refractivity contribution in [2.45, 2.75) is 25.8 Å². The summed E-state index contributed by atoms with van der Waals surface area (Å²) in [5, 5.41) is 3.63. The number of fused-ring (bicyclic) bond motifs is 2. The van der Waals surface area contributed by atoms with Gasteiger partial charge in [0.2, 0.25) is 5.91 Å². The van der Waals surface area contributed by atoms with Crippen LogP contribution in [0.25, 0.3) is 0 Å². The second-order valence-corrected chi connectivity index (χ2v) is 7.26. The van der Waals surface area contributed by atoms with E-state index in [1.54, 1.807) is 7.05 Å². The molecule has 4 heteroatoms. The van der Waals surface area contributed by atoms with Crippen molar-refractivity contribution in [1.82, 2.24) is 10.2 Å². The van der Waals surface area contributed by atoms with Gasteiger partial charge in [0, 0.05) is 31.1 Å². The van der Waals surface area contributed by atoms with Crippen molar-refractivity contribution in [3.8, 4) is 0 Å². The number of halogens is 1. The Morgan fingerprint density at radius 1 is 1.08 bits per heavy atom. The number of rotatable bonds is 1. The zero-order valence-electron chi connectivity index (χ0n) is 14.9. The molecule has 0 saturated heterocycles. The van der Waals surface area contributed by atoms with Crippen LogP contribution < -0.4 is 5.32 Å². The number of nitrogens with one attached hydrogen (secondary N) is 1. The number of carbonyl (C=O) groups is 1. The molecule has 2 aromatic rings. The van der Waals surface area contributed by atoms with Gasteiger partial charge < -0.3 is 10.2 Å². The molecule has 4 rings (SSSR count). The van der Waals surface area contributed by atoms with Gasteiger partial charge in [0.15, 0.2) is 0 Å². The molecule has 25 heavy (non-hydrogen) atoms. The Labute approximate surface area is 155 Å². The fourth-order valence-corrected chi connectivity index (χ4v) is 3.94. The molecule has 132 valence electrons. The van der Waals surface area contributed by atoms with Crippen molar-refractivity contribution >= 4 is 17.5 Å². The Morgan fingerprint density at radius 2 is 1.72 bits per heavy atom. The monoisotopic (exact) mass is 356 g/mol. The van der Waals surface area contributed by atoms with Crippen molar-refractivity contribution < 1.29 is 4.79 Å². The summed E-state index contributed by atoms with van der Waals surface area (Å²) in [5.41, 5.74) is 5.39. The van der Waals surface area contributed by atoms with E-state index in [1.807, 2.05) is 24.3 Å². The fourth-order valence-electron chi connectivity index (χ4n) is 3.65. The Balaban J connectivity index is 0.000000146. The van der Waals surface area contributed by atoms with Gasteiger partial charge in [0.1, 0.15) is 0 Å². The van der Waals surface area contributed by atoms with E-state index in [2.05, 4.69) is 35.5 Å². The van der Waals surface area contributed by atoms with E-state index in [9.17, 15) is 4.79 Å². The highest BCUT2D eigenvalue weighted by Crippen LogP contribution is 2.26. The molecule has 0 aromatic heterocycles. The number of benzene rings is 2. The summed E-state index contributed by atoms with van der Waals surface area (Å²) < 4.78 is 0. The lowest BCUT2D eigenvalue weighted by Gasteiger charge is -2.25. The first-order chi connectivity index (χ1) is 12.1. The van der Waals surface area contributed by atoms with E-state index < -0.39 is 0 Å². The van der Waals surface area contributed by atoms with Gasteiger partial charge in [-0.05, 0) is 54.6 Å². The van der Waals surface area contributed by atoms with Crippen LogP contribution in [0.4, 0.5) is 0 Å². The number of amides is 1. The maximum Gasteiger partial charge on any atom is 0.223 e. The van der Waals surface area contributed by atoms with E-state index >= 15 is 0 Å². The molecule has 1 aliphatic heterocycles. The first-order valence-corrected chi connectivity index (χ1v) is 9.19. The zero-order valence-corrected chi connectivity index (χ0v) is 15.6. The smallest absolute Gasteiger partial charge is 0.223 e. The van der Waals surface area contributed by atoms with Crippen LogP contribution in [-0.4, -0.2) is 31.4 Å². The van der Waals surface area contributed by atoms with E-state index in [0.29, 0.717) is 0 Å². The number of hydrogen-bond donors (Lipinski definition) is 1. The summed E-state index contributed by atoms with van der Waals surface area (Å²) in [6, 6.07) is 14.5. The predicted octanol–water partition coefficient (Wildman–Crippen LogP) is 3.48. The van der Waals surface area contributed by atoms with E-state index in [4.69, 9.17) is 11.6 Å². The quantitative estimate of drug-likeness (QED) is 0.848. The Hall–Kier alpha value is -1.84. The van der Waals surface area contributed by atoms with Crippen LogP contribution in [0.2, 0.25) is 5.02 Å². The average molecular weight is 357 g/mol. The molecule has 0 saturated carbocycles. The van der Waals surface area contributed by atoms with Crippen LogP contribution >= 0.6 is 11.6 Å². The second-order valence-electron chi connectivity index (χ2n) is 6.85. The van der Waals surface area contributed by atoms with Gasteiger partial charge in [-0.15, -0.1) is 0 Å². The maximum atomic E-state index is 11.4. The molecule has 1 aliphatic carbocycles. The van der Waals surface area contributed by atoms with E-state index in [1.165, 1.54) is 22.3 Å². The first-order valence-electron chi connectivity index (χ1n) is 8.81. The highest BCUT2D eigenvalue weighted by atomic mass is 35.5. The van der Waals surface area contributed by atoms with Gasteiger partial charge in [-0.3, -0.25) is 4.79 Å². The lowest BCUT2D eigenvalue weighted by atomic mass is 10.0. The summed E-state index contributed by atoms with van der Waals surface area (Å²) in [6.45, 7) is 2.16. The van der Waals surface area contributed by atoms with Gasteiger partial charge in [0.25, 0.3) is 0 Å². The van der Waals surface area contributed by atoms with Crippen LogP contribution in [0.15, 0.2) is 42.5 Å². The van der Waals surface area contributed by atoms with Crippen LogP contribution in [-0.2, 0) is 30.6 Å². The zero-order chi connectivity index (χ0) is 17.8. The number of nitrogens with zero attached hydrogens (tertiary/aromatic N) is 1. The summed E-state index contributed by atoms with van der Waals surface area (Å²) in [5.74, 6) is 0.318. The SMILES string of the molecule is CN1CCc2c(Cl)cccc2C1.CNC(=O)C1Cc2ccccc2C1. The summed E-state index contributed by atoms with van der Waals surface area (Å²) in [4.78, 5) is 13.7. The lowest BCUT2D eigenvalue weighted by molar-refractivity contribution is -0.124. The van der Waals surface area contributed by atoms with Crippen molar-refractivity contribution in [3.05, 3.63) is 69.7 Å². The third-order valence-electron chi connectivity index (χ3n) is 5.07. The molecule has 0 atom stereocenters. The molecule has 0 bridgehead atoms. The topological polar surface area (TPSA) is 32.3 Å². The molecule has 1 heterocycles. The predicted molar refractivity (Wildman–Crippen MR) is 103 cm³/mol. The van der Waals surface area contributed by atoms with Crippen LogP contribution in [0.1, 0.15) is 22.3 Å². The third kappa shape index (κ3) is 4.23. The summed E-state index contributed by atoms with van der Waals surface area (Å²) in [6.07, 6.45) is 2.89. The molecule has 0 radical (unpaired) electrons. The van der Waals surface area contributed by atoms with Gasteiger partial charge >= 0.3 is 0 Å². The highest BCUT2D eigenvalue weighted by Gasteiger charge is 2.25. The van der Waals surface area contributed by atoms with Crippen molar-refractivity contribution in [2.75, 3.05) is 20.6 Å². The largest absolute Gasteiger partial charge is 0.359 e. The first kappa shape index (κ1) is 18.0. The van der Waals surface area contributed by atoms with Crippen molar-refractivity contribution in [1.29, 1.82) is 0 Å². The van der Waals surface area contributed by atoms with Gasteiger partial charge in [-0.1, -0.05) is 48.0 Å². The third-order valence-corrected chi connectivity index (χ3v) is 5.42. The summed E-state index contributed by atoms with van der Waals surface area (Å²) >= 11 is 6.07. The standard InChI is InChI=1S/C11H13NO.C10H12ClN/c1-12-11(13)10-6-8-4-2-3-5-9(8)7-10;1-12-6-5-9-8(7-12)3-2-4-10(9)11/h2-5,10H,6-7H2,1H3,(H,12,13);2-4H,5-7H2,1H3. The van der Waals surface area contributed by atoms with Crippen molar-refractivity contribution in [2.24, 2.45) is 5.92 Å². The minimum Gasteiger partial charge on any atom is -0.359 e. The Kier molecular flexibility index (Phi) is 5.77. The number of likely N-dealkylation sites (N-methyl/N-ethyl adjacent to an activating group) is 1. The Morgan fingerprint density at radius 3 is 2.36 bits per heavy atom. The molecule has 2 aromatic carbocycles. The molecule has 0 unspecified atom stereocenters. The minimum absolute atomic E-state index is 0.155. The average Bonchev–Trinajstić information content (AvgIpc) is 3.06. The second kappa shape index (κ2) is 8.03.